The monoisotopic (exact) mass is 548 g/mol. The summed E-state index contributed by atoms with van der Waals surface area (Å²) in [6.45, 7) is 7.61. The lowest BCUT2D eigenvalue weighted by Crippen LogP contribution is -2.16. The third-order valence-electron chi connectivity index (χ3n) is 7.70. The molecule has 4 aromatic carbocycles. The van der Waals surface area contributed by atoms with Crippen molar-refractivity contribution in [1.82, 2.24) is 0 Å². The molecule has 2 aliphatic rings. The van der Waals surface area contributed by atoms with Gasteiger partial charge in [0.15, 0.2) is 0 Å². The summed E-state index contributed by atoms with van der Waals surface area (Å²) in [7, 11) is 0. The molecule has 0 saturated carbocycles. The number of esters is 2. The lowest BCUT2D eigenvalue weighted by molar-refractivity contribution is 0.0725. The van der Waals surface area contributed by atoms with Gasteiger partial charge in [0.25, 0.3) is 0 Å². The summed E-state index contributed by atoms with van der Waals surface area (Å²) in [5.41, 5.74) is 6.00. The predicted molar refractivity (Wildman–Crippen MR) is 156 cm³/mol. The zero-order valence-corrected chi connectivity index (χ0v) is 23.4. The van der Waals surface area contributed by atoms with E-state index >= 15 is 0 Å². The van der Waals surface area contributed by atoms with E-state index in [1.54, 1.807) is 24.3 Å². The zero-order valence-electron chi connectivity index (χ0n) is 23.4. The second-order valence-electron chi connectivity index (χ2n) is 11.1. The molecule has 0 amide bonds. The molecule has 41 heavy (non-hydrogen) atoms. The van der Waals surface area contributed by atoms with E-state index in [9.17, 15) is 9.59 Å². The summed E-state index contributed by atoms with van der Waals surface area (Å²) in [5.74, 6) is 0.832. The van der Waals surface area contributed by atoms with E-state index < -0.39 is 5.97 Å². The van der Waals surface area contributed by atoms with Crippen molar-refractivity contribution in [3.05, 3.63) is 113 Å². The fraction of sp³-hybridized carbons (Fsp3) is 0.257. The van der Waals surface area contributed by atoms with Crippen LogP contribution < -0.4 is 14.2 Å². The Balaban J connectivity index is 1.16. The van der Waals surface area contributed by atoms with Gasteiger partial charge in [-0.15, -0.1) is 0 Å². The third-order valence-corrected chi connectivity index (χ3v) is 7.70. The zero-order chi connectivity index (χ0) is 28.6. The molecule has 6 heteroatoms. The van der Waals surface area contributed by atoms with Crippen molar-refractivity contribution in [2.24, 2.45) is 0 Å². The van der Waals surface area contributed by atoms with E-state index in [0.29, 0.717) is 35.0 Å². The van der Waals surface area contributed by atoms with Gasteiger partial charge >= 0.3 is 11.9 Å². The Kier molecular flexibility index (Phi) is 7.10. The molecular formula is C35H32O6. The van der Waals surface area contributed by atoms with E-state index in [1.165, 1.54) is 5.56 Å². The molecule has 0 N–H and O–H groups in total. The fourth-order valence-electron chi connectivity index (χ4n) is 5.29. The minimum atomic E-state index is -0.438. The van der Waals surface area contributed by atoms with Gasteiger partial charge in [-0.3, -0.25) is 0 Å². The standard InChI is InChI=1S/C35H32O6/c1-4-5-22-6-8-23(9-7-22)33(36)40-26-14-16-29-30-17-15-27(19-32(30)35(2,3)31(29)18-26)41-34(37)24-10-12-25(13-11-24)38-20-28-21-39-28/h6-19,28H,4-5,20-21H2,1-3H3. The molecule has 1 saturated heterocycles. The highest BCUT2D eigenvalue weighted by molar-refractivity contribution is 5.92. The molecule has 1 atom stereocenters. The molecule has 1 aliphatic heterocycles. The Labute approximate surface area is 239 Å². The lowest BCUT2D eigenvalue weighted by Gasteiger charge is -2.22. The van der Waals surface area contributed by atoms with Gasteiger partial charge in [0.1, 0.15) is 30.0 Å². The normalized spacial score (nSPS) is 15.9. The Bertz CT molecular complexity index is 1600. The number of hydrogen-bond donors (Lipinski definition) is 0. The number of ether oxygens (including phenoxy) is 4. The van der Waals surface area contributed by atoms with Crippen LogP contribution in [0.2, 0.25) is 0 Å². The lowest BCUT2D eigenvalue weighted by atomic mass is 9.82. The number of fused-ring (bicyclic) bond motifs is 3. The first kappa shape index (κ1) is 26.8. The molecule has 1 unspecified atom stereocenters. The van der Waals surface area contributed by atoms with E-state index in [2.05, 4.69) is 20.8 Å². The smallest absolute Gasteiger partial charge is 0.343 e. The molecule has 0 radical (unpaired) electrons. The Hall–Kier alpha value is -4.42. The number of benzene rings is 4. The van der Waals surface area contributed by atoms with E-state index in [1.807, 2.05) is 60.7 Å². The van der Waals surface area contributed by atoms with Gasteiger partial charge < -0.3 is 18.9 Å². The minimum absolute atomic E-state index is 0.171. The van der Waals surface area contributed by atoms with Crippen molar-refractivity contribution in [2.75, 3.05) is 13.2 Å². The molecule has 0 spiro atoms. The van der Waals surface area contributed by atoms with Crippen molar-refractivity contribution in [3.63, 3.8) is 0 Å². The molecule has 0 bridgehead atoms. The number of carbonyl (C=O) groups excluding carboxylic acids is 2. The Morgan fingerprint density at radius 1 is 0.756 bits per heavy atom. The van der Waals surface area contributed by atoms with Crippen molar-refractivity contribution in [3.8, 4) is 28.4 Å². The maximum Gasteiger partial charge on any atom is 0.343 e. The van der Waals surface area contributed by atoms with Crippen molar-refractivity contribution < 1.29 is 28.5 Å². The maximum atomic E-state index is 12.9. The largest absolute Gasteiger partial charge is 0.491 e. The number of carbonyl (C=O) groups is 2. The first-order valence-corrected chi connectivity index (χ1v) is 14.0. The van der Waals surface area contributed by atoms with Crippen LogP contribution in [0.15, 0.2) is 84.9 Å². The summed E-state index contributed by atoms with van der Waals surface area (Å²) in [5, 5.41) is 0. The van der Waals surface area contributed by atoms with Crippen LogP contribution in [0.4, 0.5) is 0 Å². The van der Waals surface area contributed by atoms with Crippen molar-refractivity contribution in [1.29, 1.82) is 0 Å². The second kappa shape index (κ2) is 10.9. The average Bonchev–Trinajstić information content (AvgIpc) is 3.78. The summed E-state index contributed by atoms with van der Waals surface area (Å²) >= 11 is 0. The van der Waals surface area contributed by atoms with Gasteiger partial charge in [0, 0.05) is 5.41 Å². The Morgan fingerprint density at radius 2 is 1.24 bits per heavy atom. The second-order valence-corrected chi connectivity index (χ2v) is 11.1. The summed E-state index contributed by atoms with van der Waals surface area (Å²) < 4.78 is 22.3. The van der Waals surface area contributed by atoms with Crippen molar-refractivity contribution in [2.45, 2.75) is 45.1 Å². The maximum absolute atomic E-state index is 12.9. The number of epoxide rings is 1. The van der Waals surface area contributed by atoms with Gasteiger partial charge in [0.05, 0.1) is 17.7 Å². The van der Waals surface area contributed by atoms with Crippen LogP contribution in [0, 0.1) is 0 Å². The van der Waals surface area contributed by atoms with Gasteiger partial charge in [-0.2, -0.15) is 0 Å². The van der Waals surface area contributed by atoms with E-state index in [-0.39, 0.29) is 17.5 Å². The molecule has 1 aliphatic carbocycles. The molecule has 1 fully saturated rings. The van der Waals surface area contributed by atoms with E-state index in [0.717, 1.165) is 41.7 Å². The average molecular weight is 549 g/mol. The van der Waals surface area contributed by atoms with Crippen LogP contribution in [0.5, 0.6) is 17.2 Å². The molecule has 4 aromatic rings. The van der Waals surface area contributed by atoms with Crippen LogP contribution in [-0.2, 0) is 16.6 Å². The first-order valence-electron chi connectivity index (χ1n) is 14.0. The first-order chi connectivity index (χ1) is 19.8. The van der Waals surface area contributed by atoms with E-state index in [4.69, 9.17) is 18.9 Å². The highest BCUT2D eigenvalue weighted by atomic mass is 16.6. The summed E-state index contributed by atoms with van der Waals surface area (Å²) in [6, 6.07) is 25.9. The van der Waals surface area contributed by atoms with Gasteiger partial charge in [-0.1, -0.05) is 51.5 Å². The Morgan fingerprint density at radius 3 is 1.73 bits per heavy atom. The van der Waals surface area contributed by atoms with Gasteiger partial charge in [-0.25, -0.2) is 9.59 Å². The molecule has 208 valence electrons. The molecule has 6 nitrogen and oxygen atoms in total. The van der Waals surface area contributed by atoms with Crippen LogP contribution in [0.1, 0.15) is 64.6 Å². The third kappa shape index (κ3) is 5.61. The quantitative estimate of drug-likeness (QED) is 0.126. The molecule has 1 heterocycles. The van der Waals surface area contributed by atoms with Crippen LogP contribution >= 0.6 is 0 Å². The molecule has 6 rings (SSSR count). The van der Waals surface area contributed by atoms with Crippen LogP contribution in [0.25, 0.3) is 11.1 Å². The number of rotatable bonds is 9. The van der Waals surface area contributed by atoms with Crippen LogP contribution in [-0.4, -0.2) is 31.3 Å². The fourth-order valence-corrected chi connectivity index (χ4v) is 5.29. The highest BCUT2D eigenvalue weighted by Crippen LogP contribution is 2.50. The summed E-state index contributed by atoms with van der Waals surface area (Å²) in [6.07, 6.45) is 2.21. The molecule has 0 aromatic heterocycles. The molecular weight excluding hydrogens is 516 g/mol. The SMILES string of the molecule is CCCc1ccc(C(=O)Oc2ccc3c(c2)C(C)(C)c2cc(OC(=O)c4ccc(OCC5CO5)cc4)ccc2-3)cc1. The van der Waals surface area contributed by atoms with Crippen molar-refractivity contribution >= 4 is 11.9 Å². The predicted octanol–water partition coefficient (Wildman–Crippen LogP) is 7.16. The van der Waals surface area contributed by atoms with Gasteiger partial charge in [0.2, 0.25) is 0 Å². The number of hydrogen-bond acceptors (Lipinski definition) is 6. The van der Waals surface area contributed by atoms with Crippen LogP contribution in [0.3, 0.4) is 0 Å². The minimum Gasteiger partial charge on any atom is -0.491 e. The highest BCUT2D eigenvalue weighted by Gasteiger charge is 2.36. The number of aryl methyl sites for hydroxylation is 1. The van der Waals surface area contributed by atoms with Gasteiger partial charge in [-0.05, 0) is 94.9 Å². The summed E-state index contributed by atoms with van der Waals surface area (Å²) in [4.78, 5) is 25.7. The topological polar surface area (TPSA) is 74.4 Å².